The van der Waals surface area contributed by atoms with Gasteiger partial charge in [-0.05, 0) is 24.3 Å². The fraction of sp³-hybridized carbons (Fsp3) is 0.133. The Morgan fingerprint density at radius 2 is 1.86 bits per heavy atom. The third kappa shape index (κ3) is 3.10. The normalized spacial score (nSPS) is 10.1. The zero-order chi connectivity index (χ0) is 15.4. The van der Waals surface area contributed by atoms with Crippen LogP contribution in [0.15, 0.2) is 36.4 Å². The molecule has 0 aliphatic rings. The Bertz CT molecular complexity index is 674. The van der Waals surface area contributed by atoms with Gasteiger partial charge in [0.15, 0.2) is 11.6 Å². The van der Waals surface area contributed by atoms with Crippen LogP contribution in [0.4, 0.5) is 14.5 Å². The van der Waals surface area contributed by atoms with E-state index in [0.29, 0.717) is 17.2 Å². The highest BCUT2D eigenvalue weighted by molar-refractivity contribution is 6.05. The molecule has 1 N–H and O–H groups in total. The summed E-state index contributed by atoms with van der Waals surface area (Å²) in [5.74, 6) is -2.15. The van der Waals surface area contributed by atoms with E-state index >= 15 is 0 Å². The summed E-state index contributed by atoms with van der Waals surface area (Å²) in [4.78, 5) is 12.0. The number of ether oxygens (including phenoxy) is 2. The zero-order valence-electron chi connectivity index (χ0n) is 11.4. The lowest BCUT2D eigenvalue weighted by Gasteiger charge is -2.12. The first-order chi connectivity index (χ1) is 10.1. The molecule has 0 radical (unpaired) electrons. The number of nitrogens with one attached hydrogen (secondary N) is 1. The van der Waals surface area contributed by atoms with Crippen LogP contribution in [0.3, 0.4) is 0 Å². The minimum absolute atomic E-state index is 0.326. The Labute approximate surface area is 120 Å². The number of benzene rings is 2. The van der Waals surface area contributed by atoms with Crippen LogP contribution in [0.1, 0.15) is 10.4 Å². The molecule has 4 nitrogen and oxygen atoms in total. The number of amides is 1. The first-order valence-electron chi connectivity index (χ1n) is 6.04. The highest BCUT2D eigenvalue weighted by Gasteiger charge is 2.16. The molecule has 0 saturated heterocycles. The summed E-state index contributed by atoms with van der Waals surface area (Å²) in [6, 6.07) is 8.13. The maximum Gasteiger partial charge on any atom is 0.258 e. The minimum atomic E-state index is -1.19. The number of methoxy groups -OCH3 is 2. The van der Waals surface area contributed by atoms with Gasteiger partial charge >= 0.3 is 0 Å². The zero-order valence-corrected chi connectivity index (χ0v) is 11.4. The van der Waals surface area contributed by atoms with E-state index in [1.54, 1.807) is 18.2 Å². The van der Waals surface area contributed by atoms with Crippen molar-refractivity contribution >= 4 is 11.6 Å². The smallest absolute Gasteiger partial charge is 0.258 e. The highest BCUT2D eigenvalue weighted by Crippen LogP contribution is 2.29. The van der Waals surface area contributed by atoms with Crippen LogP contribution in [0.5, 0.6) is 11.5 Å². The molecule has 2 aromatic carbocycles. The van der Waals surface area contributed by atoms with Gasteiger partial charge in [0, 0.05) is 6.07 Å². The fourth-order valence-corrected chi connectivity index (χ4v) is 1.77. The van der Waals surface area contributed by atoms with Gasteiger partial charge in [-0.1, -0.05) is 6.07 Å². The van der Waals surface area contributed by atoms with Crippen molar-refractivity contribution in [3.05, 3.63) is 53.6 Å². The van der Waals surface area contributed by atoms with Gasteiger partial charge in [-0.25, -0.2) is 8.78 Å². The van der Waals surface area contributed by atoms with Gasteiger partial charge in [-0.15, -0.1) is 0 Å². The Morgan fingerprint density at radius 1 is 1.10 bits per heavy atom. The number of carbonyl (C=O) groups is 1. The van der Waals surface area contributed by atoms with Gasteiger partial charge in [0.05, 0.1) is 25.5 Å². The second kappa shape index (κ2) is 6.21. The second-order valence-electron chi connectivity index (χ2n) is 4.12. The molecule has 2 aromatic rings. The summed E-state index contributed by atoms with van der Waals surface area (Å²) in [5, 5.41) is 2.47. The van der Waals surface area contributed by atoms with E-state index < -0.39 is 17.5 Å². The lowest BCUT2D eigenvalue weighted by Crippen LogP contribution is -2.15. The summed E-state index contributed by atoms with van der Waals surface area (Å²) in [6.07, 6.45) is 0. The van der Waals surface area contributed by atoms with E-state index in [2.05, 4.69) is 5.32 Å². The van der Waals surface area contributed by atoms with E-state index in [9.17, 15) is 13.6 Å². The standard InChI is InChI=1S/C15H13F2NO3/c1-20-9-6-7-12(13(8-9)21-2)18-15(19)10-4-3-5-11(16)14(10)17/h3-8H,1-2H3,(H,18,19). The SMILES string of the molecule is COc1ccc(NC(=O)c2cccc(F)c2F)c(OC)c1. The van der Waals surface area contributed by atoms with Crippen molar-refractivity contribution in [2.75, 3.05) is 19.5 Å². The van der Waals surface area contributed by atoms with Crippen LogP contribution in [0, 0.1) is 11.6 Å². The summed E-state index contributed by atoms with van der Waals surface area (Å²) >= 11 is 0. The molecule has 0 unspecified atom stereocenters. The average molecular weight is 293 g/mol. The van der Waals surface area contributed by atoms with E-state index in [1.165, 1.54) is 26.4 Å². The van der Waals surface area contributed by atoms with Crippen molar-refractivity contribution < 1.29 is 23.0 Å². The van der Waals surface area contributed by atoms with E-state index in [1.807, 2.05) is 0 Å². The molecule has 0 bridgehead atoms. The number of rotatable bonds is 4. The lowest BCUT2D eigenvalue weighted by molar-refractivity contribution is 0.102. The Kier molecular flexibility index (Phi) is 4.37. The molecule has 0 heterocycles. The average Bonchev–Trinajstić information content (AvgIpc) is 2.50. The third-order valence-corrected chi connectivity index (χ3v) is 2.85. The number of anilines is 1. The molecular formula is C15H13F2NO3. The Hall–Kier alpha value is -2.63. The Morgan fingerprint density at radius 3 is 2.52 bits per heavy atom. The highest BCUT2D eigenvalue weighted by atomic mass is 19.2. The minimum Gasteiger partial charge on any atom is -0.497 e. The van der Waals surface area contributed by atoms with Crippen LogP contribution < -0.4 is 14.8 Å². The van der Waals surface area contributed by atoms with Crippen molar-refractivity contribution in [2.24, 2.45) is 0 Å². The molecule has 0 aliphatic heterocycles. The molecule has 0 aliphatic carbocycles. The van der Waals surface area contributed by atoms with Crippen molar-refractivity contribution in [1.29, 1.82) is 0 Å². The molecule has 110 valence electrons. The molecule has 0 aromatic heterocycles. The predicted octanol–water partition coefficient (Wildman–Crippen LogP) is 3.23. The Balaban J connectivity index is 2.29. The summed E-state index contributed by atoms with van der Waals surface area (Å²) in [6.45, 7) is 0. The number of carbonyl (C=O) groups excluding carboxylic acids is 1. The maximum atomic E-state index is 13.6. The monoisotopic (exact) mass is 293 g/mol. The molecule has 6 heteroatoms. The first kappa shape index (κ1) is 14.8. The molecule has 2 rings (SSSR count). The topological polar surface area (TPSA) is 47.6 Å². The molecule has 0 atom stereocenters. The summed E-state index contributed by atoms with van der Waals surface area (Å²) in [7, 11) is 2.92. The van der Waals surface area contributed by atoms with Gasteiger partial charge in [-0.2, -0.15) is 0 Å². The molecular weight excluding hydrogens is 280 g/mol. The summed E-state index contributed by atoms with van der Waals surface area (Å²) in [5.41, 5.74) is -0.0557. The first-order valence-corrected chi connectivity index (χ1v) is 6.04. The van der Waals surface area contributed by atoms with E-state index in [0.717, 1.165) is 6.07 Å². The third-order valence-electron chi connectivity index (χ3n) is 2.85. The maximum absolute atomic E-state index is 13.6. The molecule has 0 fully saturated rings. The van der Waals surface area contributed by atoms with Crippen LogP contribution in [-0.4, -0.2) is 20.1 Å². The number of hydrogen-bond donors (Lipinski definition) is 1. The van der Waals surface area contributed by atoms with Crippen LogP contribution in [0.25, 0.3) is 0 Å². The van der Waals surface area contributed by atoms with E-state index in [4.69, 9.17) is 9.47 Å². The van der Waals surface area contributed by atoms with Gasteiger partial charge in [-0.3, -0.25) is 4.79 Å². The molecule has 0 saturated carbocycles. The van der Waals surface area contributed by atoms with Crippen LogP contribution >= 0.6 is 0 Å². The summed E-state index contributed by atoms with van der Waals surface area (Å²) < 4.78 is 36.8. The lowest BCUT2D eigenvalue weighted by atomic mass is 10.2. The van der Waals surface area contributed by atoms with Crippen molar-refractivity contribution in [2.45, 2.75) is 0 Å². The van der Waals surface area contributed by atoms with Crippen molar-refractivity contribution in [3.8, 4) is 11.5 Å². The number of hydrogen-bond acceptors (Lipinski definition) is 3. The van der Waals surface area contributed by atoms with Crippen LogP contribution in [-0.2, 0) is 0 Å². The van der Waals surface area contributed by atoms with Crippen molar-refractivity contribution in [3.63, 3.8) is 0 Å². The van der Waals surface area contributed by atoms with Crippen LogP contribution in [0.2, 0.25) is 0 Å². The van der Waals surface area contributed by atoms with Gasteiger partial charge in [0.1, 0.15) is 11.5 Å². The fourth-order valence-electron chi connectivity index (χ4n) is 1.77. The molecule has 1 amide bonds. The van der Waals surface area contributed by atoms with E-state index in [-0.39, 0.29) is 5.56 Å². The van der Waals surface area contributed by atoms with Gasteiger partial charge < -0.3 is 14.8 Å². The number of halogens is 2. The largest absolute Gasteiger partial charge is 0.497 e. The quantitative estimate of drug-likeness (QED) is 0.941. The van der Waals surface area contributed by atoms with Gasteiger partial charge in [0.25, 0.3) is 5.91 Å². The van der Waals surface area contributed by atoms with Crippen molar-refractivity contribution in [1.82, 2.24) is 0 Å². The predicted molar refractivity (Wildman–Crippen MR) is 73.9 cm³/mol. The molecule has 0 spiro atoms. The second-order valence-corrected chi connectivity index (χ2v) is 4.12. The van der Waals surface area contributed by atoms with Gasteiger partial charge in [0.2, 0.25) is 0 Å². The molecule has 21 heavy (non-hydrogen) atoms.